The van der Waals surface area contributed by atoms with Crippen LogP contribution in [0.15, 0.2) is 58.1 Å². The number of hydrogen-bond acceptors (Lipinski definition) is 3. The Hall–Kier alpha value is -1.92. The normalized spacial score (nSPS) is 10.5. The van der Waals surface area contributed by atoms with Crippen molar-refractivity contribution in [3.63, 3.8) is 0 Å². The van der Waals surface area contributed by atoms with Crippen LogP contribution in [0.1, 0.15) is 18.1 Å². The van der Waals surface area contributed by atoms with E-state index in [2.05, 4.69) is 31.8 Å². The van der Waals surface area contributed by atoms with Crippen molar-refractivity contribution in [1.29, 1.82) is 0 Å². The molecule has 2 aromatic carbocycles. The Balaban J connectivity index is 2.04. The summed E-state index contributed by atoms with van der Waals surface area (Å²) in [6.45, 7) is 3.23. The van der Waals surface area contributed by atoms with Crippen molar-refractivity contribution in [2.24, 2.45) is 5.10 Å². The molecule has 0 aliphatic rings. The molecule has 6 heteroatoms. The predicted octanol–water partition coefficient (Wildman–Crippen LogP) is 3.85. The van der Waals surface area contributed by atoms with Gasteiger partial charge in [0.05, 0.1) is 6.21 Å². The summed E-state index contributed by atoms with van der Waals surface area (Å²) in [5.41, 5.74) is 4.75. The molecule has 0 saturated heterocycles. The zero-order valence-corrected chi connectivity index (χ0v) is 15.2. The smallest absolute Gasteiger partial charge is 0.186 e. The molecular formula is C17H18BrN3OS. The first-order chi connectivity index (χ1) is 11.2. The van der Waals surface area contributed by atoms with Gasteiger partial charge in [-0.05, 0) is 42.9 Å². The van der Waals surface area contributed by atoms with E-state index in [0.29, 0.717) is 11.7 Å². The van der Waals surface area contributed by atoms with E-state index in [4.69, 9.17) is 17.0 Å². The summed E-state index contributed by atoms with van der Waals surface area (Å²) in [5.74, 6) is 0.761. The number of halogens is 1. The van der Waals surface area contributed by atoms with Crippen LogP contribution in [0.5, 0.6) is 5.75 Å². The summed E-state index contributed by atoms with van der Waals surface area (Å²) in [6, 6.07) is 15.8. The Morgan fingerprint density at radius 2 is 2.04 bits per heavy atom. The number of benzene rings is 2. The predicted molar refractivity (Wildman–Crippen MR) is 102 cm³/mol. The maximum atomic E-state index is 5.89. The summed E-state index contributed by atoms with van der Waals surface area (Å²) in [5, 5.41) is 7.60. The Kier molecular flexibility index (Phi) is 7.03. The minimum atomic E-state index is 0.491. The lowest BCUT2D eigenvalue weighted by atomic mass is 10.2. The van der Waals surface area contributed by atoms with Crippen molar-refractivity contribution in [1.82, 2.24) is 10.7 Å². The van der Waals surface area contributed by atoms with Crippen molar-refractivity contribution in [2.45, 2.75) is 13.5 Å². The standard InChI is InChI=1S/C17H18BrN3OS/c1-2-19-17(23)21-20-11-14-10-15(18)8-9-16(14)22-12-13-6-4-3-5-7-13/h3-11H,2,12H2,1H3,(H2,19,21,23)/b20-11-. The van der Waals surface area contributed by atoms with E-state index in [1.54, 1.807) is 6.21 Å². The average molecular weight is 392 g/mol. The summed E-state index contributed by atoms with van der Waals surface area (Å²) < 4.78 is 6.85. The number of nitrogens with one attached hydrogen (secondary N) is 2. The van der Waals surface area contributed by atoms with E-state index in [1.807, 2.05) is 55.5 Å². The van der Waals surface area contributed by atoms with E-state index in [0.717, 1.165) is 27.9 Å². The van der Waals surface area contributed by atoms with Crippen LogP contribution in [0.2, 0.25) is 0 Å². The molecule has 0 aliphatic carbocycles. The molecule has 120 valence electrons. The van der Waals surface area contributed by atoms with E-state index in [9.17, 15) is 0 Å². The van der Waals surface area contributed by atoms with Gasteiger partial charge < -0.3 is 10.1 Å². The highest BCUT2D eigenvalue weighted by Gasteiger charge is 2.03. The average Bonchev–Trinajstić information content (AvgIpc) is 2.55. The van der Waals surface area contributed by atoms with Gasteiger partial charge in [-0.15, -0.1) is 0 Å². The van der Waals surface area contributed by atoms with Crippen LogP contribution in [0.4, 0.5) is 0 Å². The lowest BCUT2D eigenvalue weighted by Crippen LogP contribution is -2.31. The SMILES string of the molecule is CCNC(=S)N/N=C\c1cc(Br)ccc1OCc1ccccc1. The number of rotatable bonds is 6. The highest BCUT2D eigenvalue weighted by atomic mass is 79.9. The van der Waals surface area contributed by atoms with E-state index >= 15 is 0 Å². The fraction of sp³-hybridized carbons (Fsp3) is 0.176. The van der Waals surface area contributed by atoms with Gasteiger partial charge in [0.15, 0.2) is 5.11 Å². The van der Waals surface area contributed by atoms with Crippen molar-refractivity contribution in [2.75, 3.05) is 6.54 Å². The van der Waals surface area contributed by atoms with E-state index < -0.39 is 0 Å². The molecular weight excluding hydrogens is 374 g/mol. The van der Waals surface area contributed by atoms with Crippen LogP contribution in [0.3, 0.4) is 0 Å². The molecule has 2 rings (SSSR count). The molecule has 0 amide bonds. The molecule has 0 aliphatic heterocycles. The van der Waals surface area contributed by atoms with Gasteiger partial charge in [0.1, 0.15) is 12.4 Å². The molecule has 2 N–H and O–H groups in total. The van der Waals surface area contributed by atoms with Gasteiger partial charge in [-0.1, -0.05) is 46.3 Å². The summed E-state index contributed by atoms with van der Waals surface area (Å²) in [6.07, 6.45) is 1.69. The van der Waals surface area contributed by atoms with Crippen molar-refractivity contribution >= 4 is 39.5 Å². The third-order valence-corrected chi connectivity index (χ3v) is 3.64. The number of hydrogen-bond donors (Lipinski definition) is 2. The molecule has 2 aromatic rings. The second-order valence-electron chi connectivity index (χ2n) is 4.69. The van der Waals surface area contributed by atoms with E-state index in [1.165, 1.54) is 0 Å². The fourth-order valence-electron chi connectivity index (χ4n) is 1.85. The Bertz CT molecular complexity index is 677. The van der Waals surface area contributed by atoms with Crippen LogP contribution >= 0.6 is 28.1 Å². The maximum absolute atomic E-state index is 5.89. The van der Waals surface area contributed by atoms with Gasteiger partial charge in [0.2, 0.25) is 0 Å². The molecule has 0 atom stereocenters. The van der Waals surface area contributed by atoms with Gasteiger partial charge in [-0.2, -0.15) is 5.10 Å². The second-order valence-corrected chi connectivity index (χ2v) is 6.01. The molecule has 0 saturated carbocycles. The highest BCUT2D eigenvalue weighted by Crippen LogP contribution is 2.22. The molecule has 0 heterocycles. The van der Waals surface area contributed by atoms with Crippen LogP contribution in [0.25, 0.3) is 0 Å². The Morgan fingerprint density at radius 1 is 1.26 bits per heavy atom. The van der Waals surface area contributed by atoms with Gasteiger partial charge in [-0.25, -0.2) is 0 Å². The second kappa shape index (κ2) is 9.27. The zero-order valence-electron chi connectivity index (χ0n) is 12.8. The monoisotopic (exact) mass is 391 g/mol. The molecule has 0 unspecified atom stereocenters. The first kappa shape index (κ1) is 17.4. The number of nitrogens with zero attached hydrogens (tertiary/aromatic N) is 1. The number of hydrazone groups is 1. The number of ether oxygens (including phenoxy) is 1. The summed E-state index contributed by atoms with van der Waals surface area (Å²) in [7, 11) is 0. The zero-order chi connectivity index (χ0) is 16.5. The van der Waals surface area contributed by atoms with Crippen LogP contribution < -0.4 is 15.5 Å². The maximum Gasteiger partial charge on any atom is 0.186 e. The first-order valence-electron chi connectivity index (χ1n) is 7.22. The van der Waals surface area contributed by atoms with Gasteiger partial charge in [0.25, 0.3) is 0 Å². The Labute approximate surface area is 150 Å². The molecule has 0 fully saturated rings. The third-order valence-electron chi connectivity index (χ3n) is 2.92. The fourth-order valence-corrected chi connectivity index (χ4v) is 2.42. The van der Waals surface area contributed by atoms with Gasteiger partial charge in [0, 0.05) is 16.6 Å². The van der Waals surface area contributed by atoms with Crippen LogP contribution in [-0.2, 0) is 6.61 Å². The Morgan fingerprint density at radius 3 is 2.78 bits per heavy atom. The third kappa shape index (κ3) is 6.00. The minimum absolute atomic E-state index is 0.491. The molecule has 4 nitrogen and oxygen atoms in total. The molecule has 23 heavy (non-hydrogen) atoms. The first-order valence-corrected chi connectivity index (χ1v) is 8.42. The molecule has 0 spiro atoms. The topological polar surface area (TPSA) is 45.7 Å². The summed E-state index contributed by atoms with van der Waals surface area (Å²) in [4.78, 5) is 0. The van der Waals surface area contributed by atoms with Gasteiger partial charge >= 0.3 is 0 Å². The minimum Gasteiger partial charge on any atom is -0.488 e. The lowest BCUT2D eigenvalue weighted by molar-refractivity contribution is 0.306. The highest BCUT2D eigenvalue weighted by molar-refractivity contribution is 9.10. The van der Waals surface area contributed by atoms with Crippen molar-refractivity contribution < 1.29 is 4.74 Å². The molecule has 0 bridgehead atoms. The molecule has 0 aromatic heterocycles. The number of thiocarbonyl (C=S) groups is 1. The largest absolute Gasteiger partial charge is 0.488 e. The molecule has 0 radical (unpaired) electrons. The van der Waals surface area contributed by atoms with Crippen LogP contribution in [0, 0.1) is 0 Å². The van der Waals surface area contributed by atoms with Crippen molar-refractivity contribution in [3.05, 3.63) is 64.1 Å². The van der Waals surface area contributed by atoms with Gasteiger partial charge in [-0.3, -0.25) is 5.43 Å². The quantitative estimate of drug-likeness (QED) is 0.446. The van der Waals surface area contributed by atoms with Crippen molar-refractivity contribution in [3.8, 4) is 5.75 Å². The van der Waals surface area contributed by atoms with E-state index in [-0.39, 0.29) is 0 Å². The summed E-state index contributed by atoms with van der Waals surface area (Å²) >= 11 is 8.53. The van der Waals surface area contributed by atoms with Crippen LogP contribution in [-0.4, -0.2) is 17.9 Å². The lowest BCUT2D eigenvalue weighted by Gasteiger charge is -2.10.